The Morgan fingerprint density at radius 2 is 2.17 bits per heavy atom. The fourth-order valence-electron chi connectivity index (χ4n) is 3.43. The van der Waals surface area contributed by atoms with E-state index in [1.807, 2.05) is 0 Å². The Balaban J connectivity index is 2.04. The van der Waals surface area contributed by atoms with Gasteiger partial charge in [-0.15, -0.1) is 0 Å². The van der Waals surface area contributed by atoms with Crippen LogP contribution in [0.15, 0.2) is 0 Å². The fraction of sp³-hybridized carbons (Fsp3) is 1.00. The third-order valence-electron chi connectivity index (χ3n) is 3.93. The Bertz CT molecular complexity index is 155. The largest absolute Gasteiger partial charge is 0.314 e. The van der Waals surface area contributed by atoms with Crippen LogP contribution in [0.3, 0.4) is 0 Å². The van der Waals surface area contributed by atoms with Gasteiger partial charge in [0.2, 0.25) is 0 Å². The monoisotopic (exact) mass is 167 g/mol. The first kappa shape index (κ1) is 8.55. The Kier molecular flexibility index (Phi) is 2.40. The van der Waals surface area contributed by atoms with E-state index in [0.717, 1.165) is 30.3 Å². The van der Waals surface area contributed by atoms with Crippen molar-refractivity contribution in [1.82, 2.24) is 5.32 Å². The zero-order chi connectivity index (χ0) is 8.55. The number of rotatable bonds is 2. The first-order valence-electron chi connectivity index (χ1n) is 5.56. The summed E-state index contributed by atoms with van der Waals surface area (Å²) >= 11 is 0. The molecule has 0 saturated heterocycles. The van der Waals surface area contributed by atoms with E-state index < -0.39 is 0 Å². The van der Waals surface area contributed by atoms with Gasteiger partial charge in [-0.05, 0) is 43.6 Å². The zero-order valence-corrected chi connectivity index (χ0v) is 8.34. The van der Waals surface area contributed by atoms with Crippen LogP contribution in [-0.2, 0) is 0 Å². The van der Waals surface area contributed by atoms with E-state index in [0.29, 0.717) is 0 Å². The predicted molar refractivity (Wildman–Crippen MR) is 52.1 cm³/mol. The third-order valence-corrected chi connectivity index (χ3v) is 3.93. The molecule has 0 aromatic carbocycles. The number of nitrogens with one attached hydrogen (secondary N) is 1. The van der Waals surface area contributed by atoms with Gasteiger partial charge in [-0.25, -0.2) is 0 Å². The zero-order valence-electron chi connectivity index (χ0n) is 8.34. The highest BCUT2D eigenvalue weighted by Crippen LogP contribution is 2.45. The molecule has 2 rings (SSSR count). The molecular weight excluding hydrogens is 146 g/mol. The Morgan fingerprint density at radius 3 is 2.83 bits per heavy atom. The van der Waals surface area contributed by atoms with Gasteiger partial charge >= 0.3 is 0 Å². The molecule has 0 aromatic heterocycles. The summed E-state index contributed by atoms with van der Waals surface area (Å²) in [5, 5.41) is 3.68. The summed E-state index contributed by atoms with van der Waals surface area (Å²) in [6.45, 7) is 5.84. The third kappa shape index (κ3) is 1.28. The minimum Gasteiger partial charge on any atom is -0.314 e. The van der Waals surface area contributed by atoms with Gasteiger partial charge < -0.3 is 5.32 Å². The van der Waals surface area contributed by atoms with Crippen molar-refractivity contribution in [3.8, 4) is 0 Å². The molecule has 2 fully saturated rings. The van der Waals surface area contributed by atoms with Gasteiger partial charge in [0.15, 0.2) is 0 Å². The van der Waals surface area contributed by atoms with Crippen molar-refractivity contribution in [3.05, 3.63) is 0 Å². The number of hydrogen-bond donors (Lipinski definition) is 1. The first-order valence-corrected chi connectivity index (χ1v) is 5.56. The standard InChI is InChI=1S/C11H21N/c1-3-12-11-9-5-4-6-10(11)8(2)7-9/h8-12H,3-7H2,1-2H3. The van der Waals surface area contributed by atoms with Gasteiger partial charge in [0.25, 0.3) is 0 Å². The molecule has 2 aliphatic rings. The minimum atomic E-state index is 0.874. The van der Waals surface area contributed by atoms with E-state index in [4.69, 9.17) is 0 Å². The number of hydrogen-bond acceptors (Lipinski definition) is 1. The average Bonchev–Trinajstić information content (AvgIpc) is 2.27. The topological polar surface area (TPSA) is 12.0 Å². The molecule has 0 spiro atoms. The van der Waals surface area contributed by atoms with Crippen LogP contribution in [0.25, 0.3) is 0 Å². The summed E-state index contributed by atoms with van der Waals surface area (Å²) in [4.78, 5) is 0. The second-order valence-corrected chi connectivity index (χ2v) is 4.65. The number of fused-ring (bicyclic) bond motifs is 2. The van der Waals surface area contributed by atoms with Crippen LogP contribution in [0, 0.1) is 17.8 Å². The maximum Gasteiger partial charge on any atom is 0.0126 e. The predicted octanol–water partition coefficient (Wildman–Crippen LogP) is 2.42. The van der Waals surface area contributed by atoms with E-state index in [1.165, 1.54) is 25.7 Å². The summed E-state index contributed by atoms with van der Waals surface area (Å²) in [5.74, 6) is 3.00. The van der Waals surface area contributed by atoms with Crippen molar-refractivity contribution in [2.24, 2.45) is 17.8 Å². The molecule has 4 atom stereocenters. The van der Waals surface area contributed by atoms with Crippen molar-refractivity contribution >= 4 is 0 Å². The lowest BCUT2D eigenvalue weighted by atomic mass is 9.82. The Labute approximate surface area is 75.9 Å². The van der Waals surface area contributed by atoms with Crippen LogP contribution in [-0.4, -0.2) is 12.6 Å². The summed E-state index contributed by atoms with van der Waals surface area (Å²) in [6, 6.07) is 0.874. The van der Waals surface area contributed by atoms with Crippen LogP contribution in [0.2, 0.25) is 0 Å². The molecule has 0 amide bonds. The quantitative estimate of drug-likeness (QED) is 0.666. The van der Waals surface area contributed by atoms with Crippen LogP contribution in [0.1, 0.15) is 39.5 Å². The van der Waals surface area contributed by atoms with Gasteiger partial charge in [-0.2, -0.15) is 0 Å². The molecule has 1 nitrogen and oxygen atoms in total. The first-order chi connectivity index (χ1) is 5.83. The lowest BCUT2D eigenvalue weighted by molar-refractivity contribution is 0.244. The molecule has 12 heavy (non-hydrogen) atoms. The lowest BCUT2D eigenvalue weighted by Gasteiger charge is -2.31. The second-order valence-electron chi connectivity index (χ2n) is 4.65. The molecule has 0 aromatic rings. The normalized spacial score (nSPS) is 46.5. The fourth-order valence-corrected chi connectivity index (χ4v) is 3.43. The molecule has 1 N–H and O–H groups in total. The van der Waals surface area contributed by atoms with Crippen LogP contribution < -0.4 is 5.32 Å². The van der Waals surface area contributed by atoms with Crippen LogP contribution in [0.4, 0.5) is 0 Å². The molecule has 0 radical (unpaired) electrons. The van der Waals surface area contributed by atoms with Gasteiger partial charge in [-0.1, -0.05) is 20.3 Å². The molecule has 0 heterocycles. The SMILES string of the molecule is CCNC1C2CCCC1C(C)C2. The second kappa shape index (κ2) is 3.37. The molecule has 2 aliphatic carbocycles. The molecule has 1 heteroatoms. The summed E-state index contributed by atoms with van der Waals surface area (Å²) in [6.07, 6.45) is 5.94. The van der Waals surface area contributed by atoms with E-state index in [1.54, 1.807) is 0 Å². The molecule has 0 aliphatic heterocycles. The summed E-state index contributed by atoms with van der Waals surface area (Å²) < 4.78 is 0. The Hall–Kier alpha value is -0.0400. The van der Waals surface area contributed by atoms with E-state index in [9.17, 15) is 0 Å². The van der Waals surface area contributed by atoms with Crippen LogP contribution >= 0.6 is 0 Å². The maximum atomic E-state index is 3.68. The molecule has 2 saturated carbocycles. The van der Waals surface area contributed by atoms with Gasteiger partial charge in [0, 0.05) is 6.04 Å². The highest BCUT2D eigenvalue weighted by molar-refractivity contribution is 4.96. The minimum absolute atomic E-state index is 0.874. The van der Waals surface area contributed by atoms with Crippen molar-refractivity contribution in [1.29, 1.82) is 0 Å². The van der Waals surface area contributed by atoms with Crippen molar-refractivity contribution in [2.45, 2.75) is 45.6 Å². The molecular formula is C11H21N. The van der Waals surface area contributed by atoms with Gasteiger partial charge in [-0.3, -0.25) is 0 Å². The average molecular weight is 167 g/mol. The molecule has 4 unspecified atom stereocenters. The summed E-state index contributed by atoms with van der Waals surface area (Å²) in [5.41, 5.74) is 0. The van der Waals surface area contributed by atoms with E-state index in [-0.39, 0.29) is 0 Å². The van der Waals surface area contributed by atoms with E-state index >= 15 is 0 Å². The highest BCUT2D eigenvalue weighted by Gasteiger charge is 2.42. The van der Waals surface area contributed by atoms with Crippen molar-refractivity contribution < 1.29 is 0 Å². The van der Waals surface area contributed by atoms with Gasteiger partial charge in [0.05, 0.1) is 0 Å². The molecule has 70 valence electrons. The molecule has 2 bridgehead atoms. The smallest absolute Gasteiger partial charge is 0.0126 e. The van der Waals surface area contributed by atoms with E-state index in [2.05, 4.69) is 19.2 Å². The highest BCUT2D eigenvalue weighted by atomic mass is 14.9. The Morgan fingerprint density at radius 1 is 1.33 bits per heavy atom. The maximum absolute atomic E-state index is 3.68. The summed E-state index contributed by atoms with van der Waals surface area (Å²) in [7, 11) is 0. The van der Waals surface area contributed by atoms with Gasteiger partial charge in [0.1, 0.15) is 0 Å². The van der Waals surface area contributed by atoms with Crippen molar-refractivity contribution in [3.63, 3.8) is 0 Å². The lowest BCUT2D eigenvalue weighted by Crippen LogP contribution is -2.40. The van der Waals surface area contributed by atoms with Crippen molar-refractivity contribution in [2.75, 3.05) is 6.54 Å². The van der Waals surface area contributed by atoms with Crippen LogP contribution in [0.5, 0.6) is 0 Å².